The highest BCUT2D eigenvalue weighted by molar-refractivity contribution is 6.29. The summed E-state index contributed by atoms with van der Waals surface area (Å²) in [5.41, 5.74) is 4.76. The van der Waals surface area contributed by atoms with Crippen LogP contribution in [0.15, 0.2) is 60.8 Å². The van der Waals surface area contributed by atoms with E-state index in [2.05, 4.69) is 47.6 Å². The lowest BCUT2D eigenvalue weighted by Crippen LogP contribution is -2.80. The van der Waals surface area contributed by atoms with Gasteiger partial charge in [0.2, 0.25) is 0 Å². The summed E-state index contributed by atoms with van der Waals surface area (Å²) in [7, 11) is 1.66. The van der Waals surface area contributed by atoms with Crippen LogP contribution in [0.1, 0.15) is 22.3 Å². The Bertz CT molecular complexity index is 864. The molecule has 0 unspecified atom stereocenters. The molecule has 0 aliphatic carbocycles. The van der Waals surface area contributed by atoms with Gasteiger partial charge in [-0.2, -0.15) is 0 Å². The molecule has 0 radical (unpaired) electrons. The Morgan fingerprint density at radius 2 is 1.59 bits per heavy atom. The number of ether oxygens (including phenoxy) is 2. The predicted molar refractivity (Wildman–Crippen MR) is 107 cm³/mol. The Kier molecular flexibility index (Phi) is 6.69. The Labute approximate surface area is 165 Å². The number of pyridine rings is 1. The van der Waals surface area contributed by atoms with Gasteiger partial charge < -0.3 is 14.8 Å². The first kappa shape index (κ1) is 19.2. The van der Waals surface area contributed by atoms with Gasteiger partial charge in [-0.25, -0.2) is 4.98 Å². The van der Waals surface area contributed by atoms with E-state index in [1.807, 2.05) is 18.2 Å². The summed E-state index contributed by atoms with van der Waals surface area (Å²) in [4.78, 5) is 4.06. The number of aromatic nitrogens is 1. The van der Waals surface area contributed by atoms with Crippen molar-refractivity contribution in [1.82, 2.24) is 4.98 Å². The van der Waals surface area contributed by atoms with Crippen LogP contribution in [0.3, 0.4) is 0 Å². The number of rotatable bonds is 8. The largest absolute Gasteiger partial charge is 0.493 e. The van der Waals surface area contributed by atoms with Crippen LogP contribution in [0.5, 0.6) is 11.5 Å². The van der Waals surface area contributed by atoms with Crippen LogP contribution in [0.2, 0.25) is 5.15 Å². The maximum atomic E-state index is 5.88. The molecule has 3 aromatic rings. The van der Waals surface area contributed by atoms with Crippen LogP contribution < -0.4 is 14.8 Å². The van der Waals surface area contributed by atoms with Crippen LogP contribution in [0.25, 0.3) is 0 Å². The molecular weight excluding hydrogens is 360 g/mol. The SMILES string of the molecule is COc1cc(C[NH2+]Cc2ccc(C)cc2)ccc1OCc1ccc(Cl)nc1. The summed E-state index contributed by atoms with van der Waals surface area (Å²) < 4.78 is 11.4. The van der Waals surface area contributed by atoms with Crippen LogP contribution >= 0.6 is 11.6 Å². The normalized spacial score (nSPS) is 10.6. The number of hydrogen-bond donors (Lipinski definition) is 1. The summed E-state index contributed by atoms with van der Waals surface area (Å²) in [6.07, 6.45) is 1.71. The number of nitrogens with two attached hydrogens (primary N) is 1. The van der Waals surface area contributed by atoms with Gasteiger partial charge in [0.25, 0.3) is 0 Å². The first-order valence-electron chi connectivity index (χ1n) is 8.91. The molecule has 2 N–H and O–H groups in total. The number of methoxy groups -OCH3 is 1. The van der Waals surface area contributed by atoms with Crippen molar-refractivity contribution < 1.29 is 14.8 Å². The molecule has 2 aromatic carbocycles. The first-order chi connectivity index (χ1) is 13.1. The summed E-state index contributed by atoms with van der Waals surface area (Å²) in [5, 5.41) is 2.75. The smallest absolute Gasteiger partial charge is 0.161 e. The Morgan fingerprint density at radius 1 is 0.889 bits per heavy atom. The van der Waals surface area contributed by atoms with Crippen LogP contribution in [0, 0.1) is 6.92 Å². The molecule has 0 amide bonds. The highest BCUT2D eigenvalue weighted by Crippen LogP contribution is 2.28. The van der Waals surface area contributed by atoms with E-state index in [4.69, 9.17) is 21.1 Å². The fourth-order valence-corrected chi connectivity index (χ4v) is 2.85. The Morgan fingerprint density at radius 3 is 2.30 bits per heavy atom. The summed E-state index contributed by atoms with van der Waals surface area (Å²) in [6, 6.07) is 18.4. The minimum absolute atomic E-state index is 0.416. The van der Waals surface area contributed by atoms with Gasteiger partial charge in [0.05, 0.1) is 7.11 Å². The second-order valence-corrected chi connectivity index (χ2v) is 6.83. The second-order valence-electron chi connectivity index (χ2n) is 6.45. The monoisotopic (exact) mass is 383 g/mol. The molecule has 4 nitrogen and oxygen atoms in total. The molecule has 5 heteroatoms. The third-order valence-corrected chi connectivity index (χ3v) is 4.52. The minimum atomic E-state index is 0.416. The molecule has 3 rings (SSSR count). The standard InChI is InChI=1S/C22H23ClN2O2/c1-16-3-5-17(6-4-16)12-24-13-18-7-9-20(21(11-18)26-2)27-15-19-8-10-22(23)25-14-19/h3-11,14,24H,12-13,15H2,1-2H3/p+1. The van der Waals surface area contributed by atoms with Gasteiger partial charge in [0, 0.05) is 22.9 Å². The number of hydrogen-bond acceptors (Lipinski definition) is 3. The molecule has 1 aromatic heterocycles. The molecule has 0 saturated heterocycles. The molecule has 27 heavy (non-hydrogen) atoms. The van der Waals surface area contributed by atoms with Crippen molar-refractivity contribution in [2.75, 3.05) is 7.11 Å². The van der Waals surface area contributed by atoms with E-state index < -0.39 is 0 Å². The van der Waals surface area contributed by atoms with Crippen molar-refractivity contribution in [2.24, 2.45) is 0 Å². The summed E-state index contributed by atoms with van der Waals surface area (Å²) >= 11 is 5.81. The summed E-state index contributed by atoms with van der Waals surface area (Å²) in [5.74, 6) is 1.45. The van der Waals surface area contributed by atoms with Gasteiger partial charge in [0.1, 0.15) is 24.8 Å². The number of nitrogens with zero attached hydrogens (tertiary/aromatic N) is 1. The molecule has 0 aliphatic rings. The number of aryl methyl sites for hydroxylation is 1. The predicted octanol–water partition coefficient (Wildman–Crippen LogP) is 3.89. The van der Waals surface area contributed by atoms with E-state index in [0.717, 1.165) is 30.2 Å². The third-order valence-electron chi connectivity index (χ3n) is 4.29. The van der Waals surface area contributed by atoms with Crippen LogP contribution in [-0.4, -0.2) is 12.1 Å². The number of quaternary nitrogens is 1. The topological polar surface area (TPSA) is 48.0 Å². The number of benzene rings is 2. The highest BCUT2D eigenvalue weighted by atomic mass is 35.5. The zero-order valence-corrected chi connectivity index (χ0v) is 16.4. The van der Waals surface area contributed by atoms with Gasteiger partial charge in [-0.1, -0.05) is 47.5 Å². The van der Waals surface area contributed by atoms with Crippen molar-refractivity contribution in [3.63, 3.8) is 0 Å². The third kappa shape index (κ3) is 5.71. The van der Waals surface area contributed by atoms with E-state index in [-0.39, 0.29) is 0 Å². The van der Waals surface area contributed by atoms with E-state index in [9.17, 15) is 0 Å². The lowest BCUT2D eigenvalue weighted by Gasteiger charge is -2.12. The quantitative estimate of drug-likeness (QED) is 0.600. The van der Waals surface area contributed by atoms with Crippen molar-refractivity contribution in [3.8, 4) is 11.5 Å². The zero-order valence-electron chi connectivity index (χ0n) is 15.6. The van der Waals surface area contributed by atoms with E-state index in [1.54, 1.807) is 19.4 Å². The second kappa shape index (κ2) is 9.40. The molecule has 0 spiro atoms. The van der Waals surface area contributed by atoms with Crippen LogP contribution in [0.4, 0.5) is 0 Å². The van der Waals surface area contributed by atoms with Gasteiger partial charge in [-0.3, -0.25) is 0 Å². The minimum Gasteiger partial charge on any atom is -0.493 e. The van der Waals surface area contributed by atoms with E-state index in [1.165, 1.54) is 16.7 Å². The first-order valence-corrected chi connectivity index (χ1v) is 9.29. The molecule has 0 atom stereocenters. The van der Waals surface area contributed by atoms with Gasteiger partial charge in [-0.15, -0.1) is 0 Å². The fourth-order valence-electron chi connectivity index (χ4n) is 2.74. The average molecular weight is 384 g/mol. The van der Waals surface area contributed by atoms with Crippen molar-refractivity contribution in [1.29, 1.82) is 0 Å². The van der Waals surface area contributed by atoms with E-state index in [0.29, 0.717) is 11.8 Å². The van der Waals surface area contributed by atoms with Gasteiger partial charge in [0.15, 0.2) is 11.5 Å². The molecule has 0 aliphatic heterocycles. The molecule has 0 saturated carbocycles. The van der Waals surface area contributed by atoms with Crippen molar-refractivity contribution in [2.45, 2.75) is 26.6 Å². The van der Waals surface area contributed by atoms with Crippen molar-refractivity contribution >= 4 is 11.6 Å². The van der Waals surface area contributed by atoms with Gasteiger partial charge in [-0.05, 0) is 31.2 Å². The lowest BCUT2D eigenvalue weighted by molar-refractivity contribution is -0.686. The number of halogens is 1. The Hall–Kier alpha value is -2.56. The Balaban J connectivity index is 1.56. The summed E-state index contributed by atoms with van der Waals surface area (Å²) in [6.45, 7) is 4.35. The molecule has 0 fully saturated rings. The molecule has 140 valence electrons. The molecular formula is C22H24ClN2O2+. The van der Waals surface area contributed by atoms with Crippen molar-refractivity contribution in [3.05, 3.63) is 88.2 Å². The van der Waals surface area contributed by atoms with Crippen LogP contribution in [-0.2, 0) is 19.7 Å². The average Bonchev–Trinajstić information content (AvgIpc) is 2.69. The highest BCUT2D eigenvalue weighted by Gasteiger charge is 2.08. The zero-order chi connectivity index (χ0) is 19.1. The maximum absolute atomic E-state index is 5.88. The molecule has 0 bridgehead atoms. The fraction of sp³-hybridized carbons (Fsp3) is 0.227. The lowest BCUT2D eigenvalue weighted by atomic mass is 10.1. The maximum Gasteiger partial charge on any atom is 0.161 e. The molecule has 1 heterocycles. The van der Waals surface area contributed by atoms with E-state index >= 15 is 0 Å². The van der Waals surface area contributed by atoms with Gasteiger partial charge >= 0.3 is 0 Å².